The van der Waals surface area contributed by atoms with Crippen LogP contribution in [-0.2, 0) is 6.42 Å². The molecule has 3 aromatic rings. The van der Waals surface area contributed by atoms with Crippen molar-refractivity contribution in [2.75, 3.05) is 0 Å². The molecule has 0 aliphatic heterocycles. The number of aromatic amines is 1. The molecule has 3 rings (SSSR count). The highest BCUT2D eigenvalue weighted by molar-refractivity contribution is 7.71. The van der Waals surface area contributed by atoms with Crippen molar-refractivity contribution < 1.29 is 0 Å². The van der Waals surface area contributed by atoms with Gasteiger partial charge in [0.25, 0.3) is 0 Å². The summed E-state index contributed by atoms with van der Waals surface area (Å²) in [6.07, 6.45) is 0.708. The molecule has 1 heterocycles. The summed E-state index contributed by atoms with van der Waals surface area (Å²) in [4.78, 5) is 0. The van der Waals surface area contributed by atoms with Crippen molar-refractivity contribution in [3.8, 4) is 5.69 Å². The molecule has 1 N–H and O–H groups in total. The Balaban J connectivity index is 2.10. The predicted octanol–water partition coefficient (Wildman–Crippen LogP) is 4.48. The summed E-state index contributed by atoms with van der Waals surface area (Å²) in [5.41, 5.74) is 3.14. The fraction of sp³-hybridized carbons (Fsp3) is 0.125. The molecule has 0 spiro atoms. The number of H-pyrrole nitrogens is 1. The van der Waals surface area contributed by atoms with Gasteiger partial charge in [-0.3, -0.25) is 9.67 Å². The van der Waals surface area contributed by atoms with Gasteiger partial charge in [-0.2, -0.15) is 5.10 Å². The molecule has 5 heteroatoms. The third kappa shape index (κ3) is 2.77. The number of nitrogens with one attached hydrogen (secondary N) is 1. The Hall–Kier alpha value is -1.91. The second-order valence-corrected chi connectivity index (χ2v) is 5.62. The number of aromatic nitrogens is 3. The predicted molar refractivity (Wildman–Crippen MR) is 87.7 cm³/mol. The van der Waals surface area contributed by atoms with Crippen molar-refractivity contribution in [3.63, 3.8) is 0 Å². The second-order valence-electron chi connectivity index (χ2n) is 4.83. The first-order valence-electron chi connectivity index (χ1n) is 6.62. The molecule has 106 valence electrons. The molecule has 0 saturated carbocycles. The van der Waals surface area contributed by atoms with Crippen LogP contribution in [0.5, 0.6) is 0 Å². The van der Waals surface area contributed by atoms with Gasteiger partial charge in [-0.05, 0) is 42.4 Å². The van der Waals surface area contributed by atoms with Gasteiger partial charge in [0.05, 0.1) is 5.69 Å². The van der Waals surface area contributed by atoms with Crippen LogP contribution >= 0.6 is 23.8 Å². The van der Waals surface area contributed by atoms with Crippen LogP contribution in [0, 0.1) is 11.7 Å². The molecule has 0 saturated heterocycles. The quantitative estimate of drug-likeness (QED) is 0.723. The summed E-state index contributed by atoms with van der Waals surface area (Å²) >= 11 is 11.6. The van der Waals surface area contributed by atoms with Gasteiger partial charge in [0, 0.05) is 11.4 Å². The number of nitrogens with zero attached hydrogens (tertiary/aromatic N) is 2. The molecule has 0 radical (unpaired) electrons. The van der Waals surface area contributed by atoms with Crippen molar-refractivity contribution in [1.29, 1.82) is 0 Å². The van der Waals surface area contributed by atoms with Crippen LogP contribution < -0.4 is 0 Å². The largest absolute Gasteiger partial charge is 0.272 e. The van der Waals surface area contributed by atoms with Gasteiger partial charge >= 0.3 is 0 Å². The fourth-order valence-electron chi connectivity index (χ4n) is 2.31. The maximum atomic E-state index is 6.22. The van der Waals surface area contributed by atoms with E-state index in [0.717, 1.165) is 22.1 Å². The summed E-state index contributed by atoms with van der Waals surface area (Å²) in [7, 11) is 0. The van der Waals surface area contributed by atoms with Crippen LogP contribution in [0.3, 0.4) is 0 Å². The van der Waals surface area contributed by atoms with E-state index in [1.165, 1.54) is 5.56 Å². The normalized spacial score (nSPS) is 10.8. The zero-order valence-electron chi connectivity index (χ0n) is 11.5. The van der Waals surface area contributed by atoms with Crippen molar-refractivity contribution in [1.82, 2.24) is 14.8 Å². The molecule has 1 aromatic heterocycles. The van der Waals surface area contributed by atoms with Crippen LogP contribution in [-0.4, -0.2) is 14.8 Å². The zero-order valence-corrected chi connectivity index (χ0v) is 13.1. The third-order valence-corrected chi connectivity index (χ3v) is 4.11. The summed E-state index contributed by atoms with van der Waals surface area (Å²) < 4.78 is 2.52. The second kappa shape index (κ2) is 5.84. The molecule has 0 atom stereocenters. The molecular weight excluding hydrogens is 302 g/mol. The number of hydrogen-bond donors (Lipinski definition) is 1. The van der Waals surface area contributed by atoms with Crippen molar-refractivity contribution in [3.05, 3.63) is 75.3 Å². The molecule has 0 amide bonds. The third-order valence-electron chi connectivity index (χ3n) is 3.43. The smallest absolute Gasteiger partial charge is 0.199 e. The number of benzene rings is 2. The molecule has 0 unspecified atom stereocenters. The molecule has 2 aromatic carbocycles. The van der Waals surface area contributed by atoms with E-state index in [4.69, 9.17) is 23.8 Å². The Morgan fingerprint density at radius 1 is 1.14 bits per heavy atom. The highest BCUT2D eigenvalue weighted by atomic mass is 35.5. The maximum absolute atomic E-state index is 6.22. The minimum absolute atomic E-state index is 0.575. The van der Waals surface area contributed by atoms with E-state index in [0.29, 0.717) is 11.2 Å². The summed E-state index contributed by atoms with van der Waals surface area (Å²) in [5.74, 6) is 0.872. The van der Waals surface area contributed by atoms with E-state index < -0.39 is 0 Å². The van der Waals surface area contributed by atoms with Crippen LogP contribution in [0.2, 0.25) is 5.02 Å². The summed E-state index contributed by atoms with van der Waals surface area (Å²) in [6.45, 7) is 1.98. The number of rotatable bonds is 3. The summed E-state index contributed by atoms with van der Waals surface area (Å²) in [5, 5.41) is 7.96. The minimum atomic E-state index is 0.575. The van der Waals surface area contributed by atoms with E-state index in [-0.39, 0.29) is 0 Å². The lowest BCUT2D eigenvalue weighted by Gasteiger charge is -2.11. The average molecular weight is 316 g/mol. The average Bonchev–Trinajstić information content (AvgIpc) is 2.84. The lowest BCUT2D eigenvalue weighted by atomic mass is 10.1. The van der Waals surface area contributed by atoms with Gasteiger partial charge in [0.2, 0.25) is 0 Å². The van der Waals surface area contributed by atoms with Crippen LogP contribution in [0.15, 0.2) is 48.5 Å². The van der Waals surface area contributed by atoms with Gasteiger partial charge in [0.15, 0.2) is 4.77 Å². The first-order valence-corrected chi connectivity index (χ1v) is 7.41. The highest BCUT2D eigenvalue weighted by Crippen LogP contribution is 2.24. The molecule has 21 heavy (non-hydrogen) atoms. The molecular formula is C16H14ClN3S. The van der Waals surface area contributed by atoms with Crippen LogP contribution in [0.1, 0.15) is 17.0 Å². The SMILES string of the molecule is Cc1c(Cl)cccc1-n1c(Cc2ccccc2)n[nH]c1=S. The molecule has 0 fully saturated rings. The summed E-state index contributed by atoms with van der Waals surface area (Å²) in [6, 6.07) is 16.0. The van der Waals surface area contributed by atoms with Crippen molar-refractivity contribution in [2.24, 2.45) is 0 Å². The van der Waals surface area contributed by atoms with Gasteiger partial charge in [0.1, 0.15) is 5.82 Å². The Labute approximate surface area is 133 Å². The van der Waals surface area contributed by atoms with Crippen molar-refractivity contribution >= 4 is 23.8 Å². The first-order chi connectivity index (χ1) is 10.2. The lowest BCUT2D eigenvalue weighted by molar-refractivity contribution is 0.897. The Morgan fingerprint density at radius 3 is 2.67 bits per heavy atom. The minimum Gasteiger partial charge on any atom is -0.272 e. The standard InChI is InChI=1S/C16H14ClN3S/c1-11-13(17)8-5-9-14(11)20-15(18-19-16(20)21)10-12-6-3-2-4-7-12/h2-9H,10H2,1H3,(H,19,21). The van der Waals surface area contributed by atoms with E-state index >= 15 is 0 Å². The Kier molecular flexibility index (Phi) is 3.90. The molecule has 3 nitrogen and oxygen atoms in total. The van der Waals surface area contributed by atoms with Gasteiger partial charge in [-0.25, -0.2) is 0 Å². The van der Waals surface area contributed by atoms with E-state index in [9.17, 15) is 0 Å². The Morgan fingerprint density at radius 2 is 1.90 bits per heavy atom. The van der Waals surface area contributed by atoms with E-state index in [2.05, 4.69) is 22.3 Å². The van der Waals surface area contributed by atoms with E-state index in [1.54, 1.807) is 0 Å². The fourth-order valence-corrected chi connectivity index (χ4v) is 2.73. The van der Waals surface area contributed by atoms with E-state index in [1.807, 2.05) is 47.9 Å². The van der Waals surface area contributed by atoms with Gasteiger partial charge < -0.3 is 0 Å². The van der Waals surface area contributed by atoms with Gasteiger partial charge in [-0.15, -0.1) is 0 Å². The maximum Gasteiger partial charge on any atom is 0.199 e. The number of halogens is 1. The molecule has 0 bridgehead atoms. The first kappa shape index (κ1) is 14.0. The highest BCUT2D eigenvalue weighted by Gasteiger charge is 2.12. The van der Waals surface area contributed by atoms with Crippen LogP contribution in [0.4, 0.5) is 0 Å². The lowest BCUT2D eigenvalue weighted by Crippen LogP contribution is -2.04. The molecule has 0 aliphatic rings. The zero-order chi connectivity index (χ0) is 14.8. The Bertz CT molecular complexity index is 821. The molecule has 0 aliphatic carbocycles. The number of hydrogen-bond acceptors (Lipinski definition) is 2. The van der Waals surface area contributed by atoms with Gasteiger partial charge in [-0.1, -0.05) is 48.0 Å². The monoisotopic (exact) mass is 315 g/mol. The van der Waals surface area contributed by atoms with Crippen molar-refractivity contribution in [2.45, 2.75) is 13.3 Å². The van der Waals surface area contributed by atoms with Crippen LogP contribution in [0.25, 0.3) is 5.69 Å². The topological polar surface area (TPSA) is 33.6 Å².